The summed E-state index contributed by atoms with van der Waals surface area (Å²) >= 11 is 0. The first-order valence-electron chi connectivity index (χ1n) is 5.53. The predicted molar refractivity (Wildman–Crippen MR) is 67.1 cm³/mol. The highest BCUT2D eigenvalue weighted by molar-refractivity contribution is 4.86. The van der Waals surface area contributed by atoms with Gasteiger partial charge in [-0.05, 0) is 19.9 Å². The Kier molecular flexibility index (Phi) is 72.8. The largest absolute Gasteiger partial charge is 0.331 e. The Balaban J connectivity index is -0.0000000493. The maximum absolute atomic E-state index is 4.85. The molecule has 1 heteroatoms. The number of rotatable bonds is 2. The second kappa shape index (κ2) is 41.2. The molecule has 0 rings (SSSR count). The van der Waals surface area contributed by atoms with Crippen LogP contribution in [-0.4, -0.2) is 6.54 Å². The molecule has 0 unspecified atom stereocenters. The van der Waals surface area contributed by atoms with Crippen LogP contribution in [0.3, 0.4) is 0 Å². The molecule has 0 atom stereocenters. The van der Waals surface area contributed by atoms with Gasteiger partial charge < -0.3 is 5.73 Å². The highest BCUT2D eigenvalue weighted by Crippen LogP contribution is 1.96. The first-order chi connectivity index (χ1) is 6.18. The van der Waals surface area contributed by atoms with Crippen LogP contribution in [0.4, 0.5) is 0 Å². The molecule has 0 aromatic heterocycles. The summed E-state index contributed by atoms with van der Waals surface area (Å²) in [5, 5.41) is 0. The summed E-state index contributed by atoms with van der Waals surface area (Å²) in [6.45, 7) is 18.6. The van der Waals surface area contributed by atoms with E-state index >= 15 is 0 Å². The predicted octanol–water partition coefficient (Wildman–Crippen LogP) is 4.38. The molecule has 0 bridgehead atoms. The van der Waals surface area contributed by atoms with Gasteiger partial charge in [0, 0.05) is 0 Å². The van der Waals surface area contributed by atoms with Crippen molar-refractivity contribution in [3.05, 3.63) is 12.2 Å². The maximum Gasteiger partial charge on any atom is -0.0106 e. The van der Waals surface area contributed by atoms with Gasteiger partial charge in [-0.3, -0.25) is 0 Å². The van der Waals surface area contributed by atoms with E-state index in [0.717, 1.165) is 6.54 Å². The van der Waals surface area contributed by atoms with Crippen molar-refractivity contribution in [2.75, 3.05) is 6.54 Å². The van der Waals surface area contributed by atoms with Gasteiger partial charge >= 0.3 is 0 Å². The highest BCUT2D eigenvalue weighted by atomic mass is 14.5. The molecule has 0 aliphatic carbocycles. The monoisotopic (exact) mass is 189 g/mol. The zero-order chi connectivity index (χ0) is 11.7. The minimum absolute atomic E-state index is 0.750. The molecular formula is C12H31N. The lowest BCUT2D eigenvalue weighted by Gasteiger charge is -1.87. The van der Waals surface area contributed by atoms with Crippen molar-refractivity contribution in [2.24, 2.45) is 5.73 Å². The number of hydrogen-bond donors (Lipinski definition) is 1. The van der Waals surface area contributed by atoms with Crippen LogP contribution in [-0.2, 0) is 0 Å². The summed E-state index contributed by atoms with van der Waals surface area (Å²) in [5.41, 5.74) is 6.14. The van der Waals surface area contributed by atoms with Crippen LogP contribution in [0.15, 0.2) is 12.2 Å². The Morgan fingerprint density at radius 3 is 1.31 bits per heavy atom. The average molecular weight is 189 g/mol. The van der Waals surface area contributed by atoms with E-state index < -0.39 is 0 Å². The summed E-state index contributed by atoms with van der Waals surface area (Å²) < 4.78 is 0. The van der Waals surface area contributed by atoms with Crippen molar-refractivity contribution in [3.8, 4) is 0 Å². The minimum atomic E-state index is 0.750. The molecule has 0 aromatic rings. The lowest BCUT2D eigenvalue weighted by Crippen LogP contribution is -1.87. The number of nitrogens with two attached hydrogens (primary N) is 1. The van der Waals surface area contributed by atoms with Crippen molar-refractivity contribution >= 4 is 0 Å². The molecule has 0 saturated heterocycles. The molecule has 0 fully saturated rings. The molecule has 1 nitrogen and oxygen atoms in total. The standard InChI is InChI=1S/C6H12.C2H7N.2C2H6/c1-4-5-6(2)3;1-2-3;2*1-2/h2,4-5H2,1,3H3;2-3H2,1H3;2*1-2H3. The van der Waals surface area contributed by atoms with Gasteiger partial charge in [-0.1, -0.05) is 53.5 Å². The summed E-state index contributed by atoms with van der Waals surface area (Å²) in [4.78, 5) is 0. The Labute approximate surface area is 86.4 Å². The van der Waals surface area contributed by atoms with Gasteiger partial charge in [-0.25, -0.2) is 0 Å². The lowest BCUT2D eigenvalue weighted by molar-refractivity contribution is 0.910. The lowest BCUT2D eigenvalue weighted by atomic mass is 10.2. The van der Waals surface area contributed by atoms with Gasteiger partial charge in [0.2, 0.25) is 0 Å². The second-order valence-electron chi connectivity index (χ2n) is 2.12. The van der Waals surface area contributed by atoms with Crippen LogP contribution in [0.5, 0.6) is 0 Å². The smallest absolute Gasteiger partial charge is 0.0106 e. The quantitative estimate of drug-likeness (QED) is 0.641. The SMILES string of the molecule is C=C(C)CCC.CC.CC.CCN. The van der Waals surface area contributed by atoms with Gasteiger partial charge in [-0.15, -0.1) is 6.58 Å². The van der Waals surface area contributed by atoms with E-state index in [9.17, 15) is 0 Å². The fraction of sp³-hybridized carbons (Fsp3) is 0.833. The summed E-state index contributed by atoms with van der Waals surface area (Å²) in [5.74, 6) is 0. The van der Waals surface area contributed by atoms with E-state index in [4.69, 9.17) is 5.73 Å². The van der Waals surface area contributed by atoms with Crippen LogP contribution in [0.1, 0.15) is 61.3 Å². The maximum atomic E-state index is 4.85. The van der Waals surface area contributed by atoms with Crippen molar-refractivity contribution < 1.29 is 0 Å². The van der Waals surface area contributed by atoms with Crippen molar-refractivity contribution in [3.63, 3.8) is 0 Å². The van der Waals surface area contributed by atoms with E-state index in [1.54, 1.807) is 0 Å². The summed E-state index contributed by atoms with van der Waals surface area (Å²) in [7, 11) is 0. The van der Waals surface area contributed by atoms with Crippen molar-refractivity contribution in [1.82, 2.24) is 0 Å². The van der Waals surface area contributed by atoms with Crippen LogP contribution >= 0.6 is 0 Å². The van der Waals surface area contributed by atoms with Gasteiger partial charge in [-0.2, -0.15) is 0 Å². The zero-order valence-electron chi connectivity index (χ0n) is 10.9. The Morgan fingerprint density at radius 2 is 1.31 bits per heavy atom. The van der Waals surface area contributed by atoms with Crippen LogP contribution in [0.25, 0.3) is 0 Å². The van der Waals surface area contributed by atoms with Crippen LogP contribution in [0, 0.1) is 0 Å². The van der Waals surface area contributed by atoms with Gasteiger partial charge in [0.1, 0.15) is 0 Å². The van der Waals surface area contributed by atoms with E-state index in [-0.39, 0.29) is 0 Å². The second-order valence-corrected chi connectivity index (χ2v) is 2.12. The third-order valence-corrected chi connectivity index (χ3v) is 0.677. The Hall–Kier alpha value is -0.300. The van der Waals surface area contributed by atoms with Crippen molar-refractivity contribution in [1.29, 1.82) is 0 Å². The molecule has 2 N–H and O–H groups in total. The molecule has 84 valence electrons. The van der Waals surface area contributed by atoms with Crippen LogP contribution in [0.2, 0.25) is 0 Å². The van der Waals surface area contributed by atoms with E-state index in [1.165, 1.54) is 18.4 Å². The molecule has 13 heavy (non-hydrogen) atoms. The third kappa shape index (κ3) is 151. The molecule has 0 aliphatic heterocycles. The Bertz CT molecular complexity index is 58.1. The summed E-state index contributed by atoms with van der Waals surface area (Å²) in [6.07, 6.45) is 2.41. The van der Waals surface area contributed by atoms with E-state index in [0.29, 0.717) is 0 Å². The number of hydrogen-bond acceptors (Lipinski definition) is 1. The van der Waals surface area contributed by atoms with E-state index in [2.05, 4.69) is 20.4 Å². The molecule has 0 heterocycles. The topological polar surface area (TPSA) is 26.0 Å². The normalized spacial score (nSPS) is 6.15. The molecule has 0 aliphatic rings. The molecule has 0 saturated carbocycles. The molecule has 0 spiro atoms. The minimum Gasteiger partial charge on any atom is -0.331 e. The first kappa shape index (κ1) is 23.0. The Morgan fingerprint density at radius 1 is 1.08 bits per heavy atom. The first-order valence-corrected chi connectivity index (χ1v) is 5.53. The fourth-order valence-electron chi connectivity index (χ4n) is 0.427. The zero-order valence-corrected chi connectivity index (χ0v) is 10.9. The third-order valence-electron chi connectivity index (χ3n) is 0.677. The highest BCUT2D eigenvalue weighted by Gasteiger charge is 1.76. The van der Waals surface area contributed by atoms with E-state index in [1.807, 2.05) is 34.6 Å². The van der Waals surface area contributed by atoms with Crippen molar-refractivity contribution in [2.45, 2.75) is 61.3 Å². The summed E-state index contributed by atoms with van der Waals surface area (Å²) in [6, 6.07) is 0. The molecular weight excluding hydrogens is 158 g/mol. The van der Waals surface area contributed by atoms with Crippen LogP contribution < -0.4 is 5.73 Å². The van der Waals surface area contributed by atoms with Gasteiger partial charge in [0.15, 0.2) is 0 Å². The molecule has 0 amide bonds. The van der Waals surface area contributed by atoms with Gasteiger partial charge in [0.05, 0.1) is 0 Å². The average Bonchev–Trinajstić information content (AvgIpc) is 2.12. The molecule has 0 aromatic carbocycles. The number of allylic oxidation sites excluding steroid dienone is 1. The molecule has 0 radical (unpaired) electrons. The fourth-order valence-corrected chi connectivity index (χ4v) is 0.427. The van der Waals surface area contributed by atoms with Gasteiger partial charge in [0.25, 0.3) is 0 Å².